The van der Waals surface area contributed by atoms with Crippen molar-refractivity contribution in [2.45, 2.75) is 31.7 Å². The predicted molar refractivity (Wildman–Crippen MR) is 39.5 cm³/mol. The first-order chi connectivity index (χ1) is 4.69. The third kappa shape index (κ3) is 1.14. The van der Waals surface area contributed by atoms with Crippen LogP contribution in [0.15, 0.2) is 0 Å². The van der Waals surface area contributed by atoms with Crippen molar-refractivity contribution < 1.29 is 4.79 Å². The van der Waals surface area contributed by atoms with E-state index in [4.69, 9.17) is 5.73 Å². The fourth-order valence-corrected chi connectivity index (χ4v) is 1.37. The van der Waals surface area contributed by atoms with Gasteiger partial charge in [-0.3, -0.25) is 4.79 Å². The van der Waals surface area contributed by atoms with Crippen LogP contribution in [0.1, 0.15) is 26.2 Å². The normalized spacial score (nSPS) is 32.4. The highest BCUT2D eigenvalue weighted by Crippen LogP contribution is 2.18. The van der Waals surface area contributed by atoms with E-state index in [2.05, 4.69) is 5.32 Å². The van der Waals surface area contributed by atoms with E-state index in [9.17, 15) is 4.79 Å². The van der Waals surface area contributed by atoms with E-state index >= 15 is 0 Å². The first-order valence-corrected chi connectivity index (χ1v) is 3.76. The van der Waals surface area contributed by atoms with Gasteiger partial charge in [-0.25, -0.2) is 0 Å². The Morgan fingerprint density at radius 3 is 2.90 bits per heavy atom. The smallest absolute Gasteiger partial charge is 0.240 e. The van der Waals surface area contributed by atoms with Crippen LogP contribution in [0.25, 0.3) is 0 Å². The molecule has 0 aromatic heterocycles. The van der Waals surface area contributed by atoms with E-state index in [1.54, 1.807) is 0 Å². The summed E-state index contributed by atoms with van der Waals surface area (Å²) < 4.78 is 0. The Balaban J connectivity index is 2.57. The number of hydrogen-bond donors (Lipinski definition) is 2. The maximum Gasteiger partial charge on any atom is 0.240 e. The Kier molecular flexibility index (Phi) is 1.94. The summed E-state index contributed by atoms with van der Waals surface area (Å²) in [6.45, 7) is 2.79. The summed E-state index contributed by atoms with van der Waals surface area (Å²) in [5.74, 6) is 0.0225. The summed E-state index contributed by atoms with van der Waals surface area (Å²) in [6.07, 6.45) is 2.57. The van der Waals surface area contributed by atoms with Crippen LogP contribution in [0.4, 0.5) is 0 Å². The second-order valence-electron chi connectivity index (χ2n) is 2.91. The summed E-state index contributed by atoms with van der Waals surface area (Å²) in [6, 6.07) is 0. The zero-order valence-corrected chi connectivity index (χ0v) is 6.31. The Labute approximate surface area is 61.0 Å². The van der Waals surface area contributed by atoms with Gasteiger partial charge < -0.3 is 11.1 Å². The molecule has 1 aliphatic rings. The lowest BCUT2D eigenvalue weighted by atomic mass is 9.94. The van der Waals surface area contributed by atoms with Gasteiger partial charge in [-0.2, -0.15) is 0 Å². The van der Waals surface area contributed by atoms with Gasteiger partial charge in [0, 0.05) is 6.54 Å². The molecule has 1 amide bonds. The molecule has 0 aromatic carbocycles. The maximum atomic E-state index is 11.0. The summed E-state index contributed by atoms with van der Waals surface area (Å²) in [5.41, 5.74) is 5.25. The van der Waals surface area contributed by atoms with Crippen molar-refractivity contribution in [3.05, 3.63) is 0 Å². The molecule has 1 saturated heterocycles. The van der Waals surface area contributed by atoms with Gasteiger partial charge in [-0.05, 0) is 12.8 Å². The summed E-state index contributed by atoms with van der Waals surface area (Å²) in [5, 5.41) is 2.73. The highest BCUT2D eigenvalue weighted by Gasteiger charge is 2.36. The van der Waals surface area contributed by atoms with Gasteiger partial charge in [-0.15, -0.1) is 0 Å². The molecule has 1 atom stereocenters. The quantitative estimate of drug-likeness (QED) is 0.570. The van der Waals surface area contributed by atoms with E-state index in [0.717, 1.165) is 25.8 Å². The number of nitrogens with one attached hydrogen (secondary N) is 1. The van der Waals surface area contributed by atoms with E-state index in [1.807, 2.05) is 6.92 Å². The van der Waals surface area contributed by atoms with Crippen molar-refractivity contribution in [2.75, 3.05) is 6.54 Å². The van der Waals surface area contributed by atoms with E-state index in [1.165, 1.54) is 0 Å². The van der Waals surface area contributed by atoms with Gasteiger partial charge in [0.1, 0.15) is 0 Å². The molecule has 1 fully saturated rings. The SMILES string of the molecule is CCCC1(N)CCNC1=O. The molecule has 0 saturated carbocycles. The van der Waals surface area contributed by atoms with Crippen molar-refractivity contribution in [1.82, 2.24) is 5.32 Å². The van der Waals surface area contributed by atoms with Crippen molar-refractivity contribution in [3.8, 4) is 0 Å². The van der Waals surface area contributed by atoms with Crippen molar-refractivity contribution in [1.29, 1.82) is 0 Å². The highest BCUT2D eigenvalue weighted by molar-refractivity contribution is 5.88. The summed E-state index contributed by atoms with van der Waals surface area (Å²) >= 11 is 0. The average Bonchev–Trinajstić information content (AvgIpc) is 2.15. The molecule has 1 rings (SSSR count). The molecule has 0 radical (unpaired) electrons. The lowest BCUT2D eigenvalue weighted by molar-refractivity contribution is -0.123. The monoisotopic (exact) mass is 142 g/mol. The van der Waals surface area contributed by atoms with Crippen molar-refractivity contribution in [3.63, 3.8) is 0 Å². The standard InChI is InChI=1S/C7H14N2O/c1-2-3-7(8)4-5-9-6(7)10/h2-5,8H2,1H3,(H,9,10). The van der Waals surface area contributed by atoms with Crippen LogP contribution in [-0.2, 0) is 4.79 Å². The molecule has 1 unspecified atom stereocenters. The Morgan fingerprint density at radius 2 is 2.50 bits per heavy atom. The highest BCUT2D eigenvalue weighted by atomic mass is 16.2. The molecular formula is C7H14N2O. The zero-order chi connectivity index (χ0) is 7.61. The molecule has 3 N–H and O–H groups in total. The predicted octanol–water partition coefficient (Wildman–Crippen LogP) is 0.00390. The van der Waals surface area contributed by atoms with E-state index < -0.39 is 5.54 Å². The van der Waals surface area contributed by atoms with E-state index in [-0.39, 0.29) is 5.91 Å². The molecule has 3 nitrogen and oxygen atoms in total. The second-order valence-corrected chi connectivity index (χ2v) is 2.91. The second kappa shape index (κ2) is 2.58. The minimum Gasteiger partial charge on any atom is -0.354 e. The minimum atomic E-state index is -0.547. The van der Waals surface area contributed by atoms with Gasteiger partial charge in [0.2, 0.25) is 5.91 Å². The third-order valence-corrected chi connectivity index (χ3v) is 2.00. The Morgan fingerprint density at radius 1 is 1.80 bits per heavy atom. The summed E-state index contributed by atoms with van der Waals surface area (Å²) in [7, 11) is 0. The maximum absolute atomic E-state index is 11.0. The molecule has 0 aliphatic carbocycles. The Hall–Kier alpha value is -0.570. The molecule has 0 bridgehead atoms. The number of hydrogen-bond acceptors (Lipinski definition) is 2. The van der Waals surface area contributed by atoms with E-state index in [0.29, 0.717) is 0 Å². The largest absolute Gasteiger partial charge is 0.354 e. The molecular weight excluding hydrogens is 128 g/mol. The fourth-order valence-electron chi connectivity index (χ4n) is 1.37. The van der Waals surface area contributed by atoms with Crippen LogP contribution in [0.3, 0.4) is 0 Å². The minimum absolute atomic E-state index is 0.0225. The average molecular weight is 142 g/mol. The van der Waals surface area contributed by atoms with Crippen LogP contribution in [0, 0.1) is 0 Å². The first kappa shape index (κ1) is 7.54. The third-order valence-electron chi connectivity index (χ3n) is 2.00. The van der Waals surface area contributed by atoms with Crippen LogP contribution in [0.2, 0.25) is 0 Å². The van der Waals surface area contributed by atoms with Crippen LogP contribution in [-0.4, -0.2) is 18.0 Å². The van der Waals surface area contributed by atoms with Crippen molar-refractivity contribution >= 4 is 5.91 Å². The lowest BCUT2D eigenvalue weighted by Gasteiger charge is -2.18. The molecule has 0 aromatic rings. The molecule has 1 aliphatic heterocycles. The molecule has 0 spiro atoms. The number of amides is 1. The molecule has 58 valence electrons. The van der Waals surface area contributed by atoms with Crippen molar-refractivity contribution in [2.24, 2.45) is 5.73 Å². The lowest BCUT2D eigenvalue weighted by Crippen LogP contribution is -2.46. The van der Waals surface area contributed by atoms with Gasteiger partial charge in [0.25, 0.3) is 0 Å². The number of carbonyl (C=O) groups excluding carboxylic acids is 1. The van der Waals surface area contributed by atoms with Gasteiger partial charge >= 0.3 is 0 Å². The van der Waals surface area contributed by atoms with Crippen LogP contribution < -0.4 is 11.1 Å². The molecule has 1 heterocycles. The summed E-state index contributed by atoms with van der Waals surface area (Å²) in [4.78, 5) is 11.0. The molecule has 3 heteroatoms. The number of rotatable bonds is 2. The zero-order valence-electron chi connectivity index (χ0n) is 6.31. The van der Waals surface area contributed by atoms with Crippen LogP contribution in [0.5, 0.6) is 0 Å². The first-order valence-electron chi connectivity index (χ1n) is 3.76. The molecule has 10 heavy (non-hydrogen) atoms. The van der Waals surface area contributed by atoms with Gasteiger partial charge in [0.05, 0.1) is 5.54 Å². The fraction of sp³-hybridized carbons (Fsp3) is 0.857. The number of carbonyl (C=O) groups is 1. The number of nitrogens with two attached hydrogens (primary N) is 1. The topological polar surface area (TPSA) is 55.1 Å². The van der Waals surface area contributed by atoms with Gasteiger partial charge in [-0.1, -0.05) is 13.3 Å². The Bertz CT molecular complexity index is 147. The van der Waals surface area contributed by atoms with Gasteiger partial charge in [0.15, 0.2) is 0 Å². The van der Waals surface area contributed by atoms with Crippen LogP contribution >= 0.6 is 0 Å².